The van der Waals surface area contributed by atoms with Crippen LogP contribution in [0.3, 0.4) is 0 Å². The van der Waals surface area contributed by atoms with Crippen LogP contribution in [0.5, 0.6) is 0 Å². The maximum atomic E-state index is 11.1. The van der Waals surface area contributed by atoms with Crippen LogP contribution in [0.15, 0.2) is 0 Å². The van der Waals surface area contributed by atoms with Crippen LogP contribution in [-0.2, 0) is 4.79 Å². The normalized spacial score (nSPS) is 33.4. The van der Waals surface area contributed by atoms with Crippen molar-refractivity contribution in [3.05, 3.63) is 0 Å². The van der Waals surface area contributed by atoms with Crippen LogP contribution in [0.4, 0.5) is 0 Å². The van der Waals surface area contributed by atoms with E-state index in [9.17, 15) is 9.90 Å². The van der Waals surface area contributed by atoms with Gasteiger partial charge in [0.25, 0.3) is 0 Å². The first-order valence-electron chi connectivity index (χ1n) is 6.15. The first kappa shape index (κ1) is 13.5. The third-order valence-electron chi connectivity index (χ3n) is 4.09. The fourth-order valence-corrected chi connectivity index (χ4v) is 3.10. The van der Waals surface area contributed by atoms with Crippen molar-refractivity contribution >= 4 is 5.97 Å². The van der Waals surface area contributed by atoms with Crippen molar-refractivity contribution in [2.75, 3.05) is 0 Å². The van der Waals surface area contributed by atoms with E-state index in [2.05, 4.69) is 20.8 Å². The highest BCUT2D eigenvalue weighted by Gasteiger charge is 2.50. The average Bonchev–Trinajstić information content (AvgIpc) is 2.15. The van der Waals surface area contributed by atoms with Crippen molar-refractivity contribution < 1.29 is 15.0 Å². The molecule has 3 atom stereocenters. The maximum Gasteiger partial charge on any atom is 0.309 e. The summed E-state index contributed by atoms with van der Waals surface area (Å²) < 4.78 is 0. The Labute approximate surface area is 97.9 Å². The predicted molar refractivity (Wildman–Crippen MR) is 63.2 cm³/mol. The Balaban J connectivity index is 3.00. The van der Waals surface area contributed by atoms with Gasteiger partial charge in [-0.2, -0.15) is 0 Å². The minimum absolute atomic E-state index is 0.0428. The van der Waals surface area contributed by atoms with Gasteiger partial charge in [-0.3, -0.25) is 4.79 Å². The molecule has 0 radical (unpaired) electrons. The van der Waals surface area contributed by atoms with Gasteiger partial charge < -0.3 is 10.2 Å². The minimum Gasteiger partial charge on any atom is -0.481 e. The summed E-state index contributed by atoms with van der Waals surface area (Å²) >= 11 is 0. The molecule has 0 aromatic carbocycles. The van der Waals surface area contributed by atoms with Crippen molar-refractivity contribution in [3.8, 4) is 0 Å². The molecule has 1 fully saturated rings. The number of carboxylic acids is 1. The molecule has 1 rings (SSSR count). The lowest BCUT2D eigenvalue weighted by molar-refractivity contribution is -0.167. The fourth-order valence-electron chi connectivity index (χ4n) is 3.10. The van der Waals surface area contributed by atoms with Gasteiger partial charge in [0.1, 0.15) is 0 Å². The summed E-state index contributed by atoms with van der Waals surface area (Å²) in [5.41, 5.74) is -1.08. The van der Waals surface area contributed by atoms with Crippen LogP contribution < -0.4 is 0 Å². The quantitative estimate of drug-likeness (QED) is 0.764. The van der Waals surface area contributed by atoms with E-state index < -0.39 is 17.5 Å². The SMILES string of the molecule is CC(C(=O)O)C1(O)CCCCC1C(C)(C)C. The Bertz CT molecular complexity index is 267. The van der Waals surface area contributed by atoms with E-state index in [0.717, 1.165) is 19.3 Å². The first-order chi connectivity index (χ1) is 7.19. The molecule has 0 spiro atoms. The van der Waals surface area contributed by atoms with Gasteiger partial charge in [0, 0.05) is 0 Å². The molecule has 0 aromatic rings. The topological polar surface area (TPSA) is 57.5 Å². The number of rotatable bonds is 2. The molecule has 3 unspecified atom stereocenters. The second kappa shape index (κ2) is 4.36. The van der Waals surface area contributed by atoms with Crippen LogP contribution in [-0.4, -0.2) is 21.8 Å². The van der Waals surface area contributed by atoms with Crippen molar-refractivity contribution in [1.29, 1.82) is 0 Å². The summed E-state index contributed by atoms with van der Waals surface area (Å²) in [5.74, 6) is -1.50. The molecular formula is C13H24O3. The summed E-state index contributed by atoms with van der Waals surface area (Å²) in [5, 5.41) is 19.8. The fraction of sp³-hybridized carbons (Fsp3) is 0.923. The molecule has 2 N–H and O–H groups in total. The Morgan fingerprint density at radius 2 is 1.94 bits per heavy atom. The van der Waals surface area contributed by atoms with Crippen LogP contribution >= 0.6 is 0 Å². The van der Waals surface area contributed by atoms with E-state index in [4.69, 9.17) is 5.11 Å². The number of hydrogen-bond donors (Lipinski definition) is 2. The monoisotopic (exact) mass is 228 g/mol. The molecule has 0 heterocycles. The zero-order chi connectivity index (χ0) is 12.6. The van der Waals surface area contributed by atoms with Crippen molar-refractivity contribution in [3.63, 3.8) is 0 Å². The third kappa shape index (κ3) is 2.40. The lowest BCUT2D eigenvalue weighted by Crippen LogP contribution is -2.53. The zero-order valence-corrected chi connectivity index (χ0v) is 10.8. The molecule has 0 aromatic heterocycles. The minimum atomic E-state index is -1.04. The highest BCUT2D eigenvalue weighted by atomic mass is 16.4. The average molecular weight is 228 g/mol. The van der Waals surface area contributed by atoms with Gasteiger partial charge in [0.05, 0.1) is 11.5 Å². The lowest BCUT2D eigenvalue weighted by atomic mass is 9.60. The highest BCUT2D eigenvalue weighted by Crippen LogP contribution is 2.47. The van der Waals surface area contributed by atoms with Crippen molar-refractivity contribution in [2.45, 2.75) is 59.0 Å². The molecular weight excluding hydrogens is 204 g/mol. The first-order valence-corrected chi connectivity index (χ1v) is 6.15. The second-order valence-electron chi connectivity index (χ2n) is 6.22. The van der Waals surface area contributed by atoms with E-state index in [0.29, 0.717) is 6.42 Å². The molecule has 0 bridgehead atoms. The van der Waals surface area contributed by atoms with Crippen molar-refractivity contribution in [2.24, 2.45) is 17.3 Å². The van der Waals surface area contributed by atoms with Crippen molar-refractivity contribution in [1.82, 2.24) is 0 Å². The summed E-state index contributed by atoms with van der Waals surface area (Å²) in [6.07, 6.45) is 3.57. The number of carbonyl (C=O) groups is 1. The standard InChI is InChI=1S/C13H24O3/c1-9(11(14)15)13(16)8-6-5-7-10(13)12(2,3)4/h9-10,16H,5-8H2,1-4H3,(H,14,15). The summed E-state index contributed by atoms with van der Waals surface area (Å²) in [6, 6.07) is 0. The molecule has 3 heteroatoms. The molecule has 16 heavy (non-hydrogen) atoms. The molecule has 1 saturated carbocycles. The van der Waals surface area contributed by atoms with Gasteiger partial charge in [-0.1, -0.05) is 33.6 Å². The maximum absolute atomic E-state index is 11.1. The van der Waals surface area contributed by atoms with E-state index >= 15 is 0 Å². The van der Waals surface area contributed by atoms with Gasteiger partial charge in [-0.25, -0.2) is 0 Å². The number of hydrogen-bond acceptors (Lipinski definition) is 2. The summed E-state index contributed by atoms with van der Waals surface area (Å²) in [6.45, 7) is 7.89. The van der Waals surface area contributed by atoms with Gasteiger partial charge in [0.2, 0.25) is 0 Å². The van der Waals surface area contributed by atoms with Crippen LogP contribution in [0, 0.1) is 17.3 Å². The van der Waals surface area contributed by atoms with Crippen LogP contribution in [0.2, 0.25) is 0 Å². The number of carboxylic acid groups (broad SMARTS) is 1. The van der Waals surface area contributed by atoms with E-state index in [-0.39, 0.29) is 11.3 Å². The van der Waals surface area contributed by atoms with E-state index in [1.165, 1.54) is 0 Å². The molecule has 0 saturated heterocycles. The third-order valence-corrected chi connectivity index (χ3v) is 4.09. The summed E-state index contributed by atoms with van der Waals surface area (Å²) in [7, 11) is 0. The van der Waals surface area contributed by atoms with Crippen LogP contribution in [0.1, 0.15) is 53.4 Å². The highest BCUT2D eigenvalue weighted by molar-refractivity contribution is 5.71. The Kier molecular flexibility index (Phi) is 3.68. The van der Waals surface area contributed by atoms with Crippen LogP contribution in [0.25, 0.3) is 0 Å². The molecule has 0 aliphatic heterocycles. The number of aliphatic hydroxyl groups is 1. The van der Waals surface area contributed by atoms with E-state index in [1.807, 2.05) is 0 Å². The molecule has 94 valence electrons. The van der Waals surface area contributed by atoms with Gasteiger partial charge in [-0.15, -0.1) is 0 Å². The van der Waals surface area contributed by atoms with E-state index in [1.54, 1.807) is 6.92 Å². The Hall–Kier alpha value is -0.570. The molecule has 0 amide bonds. The largest absolute Gasteiger partial charge is 0.481 e. The number of aliphatic carboxylic acids is 1. The second-order valence-corrected chi connectivity index (χ2v) is 6.22. The predicted octanol–water partition coefficient (Wildman–Crippen LogP) is 2.67. The molecule has 1 aliphatic rings. The molecule has 1 aliphatic carbocycles. The van der Waals surface area contributed by atoms with Gasteiger partial charge >= 0.3 is 5.97 Å². The van der Waals surface area contributed by atoms with Gasteiger partial charge in [0.15, 0.2) is 0 Å². The van der Waals surface area contributed by atoms with Gasteiger partial charge in [-0.05, 0) is 31.1 Å². The lowest BCUT2D eigenvalue weighted by Gasteiger charge is -2.48. The Morgan fingerprint density at radius 1 is 1.38 bits per heavy atom. The smallest absolute Gasteiger partial charge is 0.309 e. The Morgan fingerprint density at radius 3 is 2.38 bits per heavy atom. The summed E-state index contributed by atoms with van der Waals surface area (Å²) in [4.78, 5) is 11.1. The zero-order valence-electron chi connectivity index (χ0n) is 10.8. The molecule has 3 nitrogen and oxygen atoms in total.